The van der Waals surface area contributed by atoms with E-state index in [1.807, 2.05) is 13.0 Å². The highest BCUT2D eigenvalue weighted by molar-refractivity contribution is 6.17. The van der Waals surface area contributed by atoms with Crippen LogP contribution in [0.25, 0.3) is 0 Å². The summed E-state index contributed by atoms with van der Waals surface area (Å²) in [5.74, 6) is 1.77. The van der Waals surface area contributed by atoms with Crippen LogP contribution in [0.5, 0.6) is 0 Å². The Labute approximate surface area is 102 Å². The van der Waals surface area contributed by atoms with Crippen LogP contribution in [-0.4, -0.2) is 28.7 Å². The van der Waals surface area contributed by atoms with Gasteiger partial charge in [0.2, 0.25) is 0 Å². The van der Waals surface area contributed by atoms with Gasteiger partial charge in [-0.3, -0.25) is 0 Å². The lowest BCUT2D eigenvalue weighted by atomic mass is 10.1. The molecule has 0 spiro atoms. The fourth-order valence-corrected chi connectivity index (χ4v) is 2.45. The lowest BCUT2D eigenvalue weighted by Crippen LogP contribution is -2.30. The van der Waals surface area contributed by atoms with E-state index in [1.54, 1.807) is 0 Å². The molecule has 0 aliphatic carbocycles. The zero-order valence-electron chi connectivity index (χ0n) is 9.69. The first-order chi connectivity index (χ1) is 7.81. The Hall–Kier alpha value is -0.830. The van der Waals surface area contributed by atoms with E-state index in [9.17, 15) is 0 Å². The molecule has 1 saturated heterocycles. The van der Waals surface area contributed by atoms with Crippen molar-refractivity contribution in [3.63, 3.8) is 0 Å². The van der Waals surface area contributed by atoms with Crippen molar-refractivity contribution in [2.45, 2.75) is 38.6 Å². The normalized spacial score (nSPS) is 20.4. The number of hydrogen-bond donors (Lipinski definition) is 0. The molecule has 0 saturated carbocycles. The maximum absolute atomic E-state index is 5.75. The van der Waals surface area contributed by atoms with Crippen LogP contribution in [0.15, 0.2) is 12.1 Å². The van der Waals surface area contributed by atoms with E-state index in [0.29, 0.717) is 6.04 Å². The third-order valence-corrected chi connectivity index (χ3v) is 3.39. The first-order valence-corrected chi connectivity index (χ1v) is 6.47. The summed E-state index contributed by atoms with van der Waals surface area (Å²) in [4.78, 5) is 2.37. The molecule has 1 aromatic rings. The van der Waals surface area contributed by atoms with Gasteiger partial charge in [0.25, 0.3) is 0 Å². The third kappa shape index (κ3) is 2.64. The molecule has 0 aromatic carbocycles. The second-order valence-electron chi connectivity index (χ2n) is 4.35. The molecule has 16 heavy (non-hydrogen) atoms. The van der Waals surface area contributed by atoms with Crippen molar-refractivity contribution >= 4 is 17.4 Å². The fourth-order valence-electron chi connectivity index (χ4n) is 2.30. The Morgan fingerprint density at radius 2 is 2.31 bits per heavy atom. The average Bonchev–Trinajstić information content (AvgIpc) is 2.75. The lowest BCUT2D eigenvalue weighted by molar-refractivity contribution is 0.596. The van der Waals surface area contributed by atoms with Gasteiger partial charge in [0.05, 0.1) is 5.69 Å². The maximum Gasteiger partial charge on any atom is 0.151 e. The predicted octanol–water partition coefficient (Wildman–Crippen LogP) is 2.77. The van der Waals surface area contributed by atoms with Crippen LogP contribution in [0, 0.1) is 6.92 Å². The quantitative estimate of drug-likeness (QED) is 0.757. The van der Waals surface area contributed by atoms with Crippen molar-refractivity contribution < 1.29 is 0 Å². The number of alkyl halides is 1. The van der Waals surface area contributed by atoms with Gasteiger partial charge in [-0.1, -0.05) is 0 Å². The van der Waals surface area contributed by atoms with Crippen LogP contribution in [0.3, 0.4) is 0 Å². The number of aromatic nitrogens is 2. The summed E-state index contributed by atoms with van der Waals surface area (Å²) < 4.78 is 0. The van der Waals surface area contributed by atoms with Gasteiger partial charge in [-0.2, -0.15) is 5.10 Å². The molecule has 1 unspecified atom stereocenters. The van der Waals surface area contributed by atoms with Crippen LogP contribution < -0.4 is 4.90 Å². The summed E-state index contributed by atoms with van der Waals surface area (Å²) in [5.41, 5.74) is 0.972. The number of hydrogen-bond acceptors (Lipinski definition) is 3. The summed E-state index contributed by atoms with van der Waals surface area (Å²) in [7, 11) is 0. The molecule has 3 nitrogen and oxygen atoms in total. The minimum atomic E-state index is 0.607. The molecular weight excluding hydrogens is 222 g/mol. The molecule has 1 fully saturated rings. The third-order valence-electron chi connectivity index (χ3n) is 3.13. The fraction of sp³-hybridized carbons (Fsp3) is 0.667. The van der Waals surface area contributed by atoms with Crippen LogP contribution in [-0.2, 0) is 0 Å². The van der Waals surface area contributed by atoms with Gasteiger partial charge >= 0.3 is 0 Å². The highest BCUT2D eigenvalue weighted by atomic mass is 35.5. The van der Waals surface area contributed by atoms with Gasteiger partial charge in [0.1, 0.15) is 0 Å². The Morgan fingerprint density at radius 1 is 1.44 bits per heavy atom. The highest BCUT2D eigenvalue weighted by Crippen LogP contribution is 2.26. The van der Waals surface area contributed by atoms with E-state index < -0.39 is 0 Å². The number of anilines is 1. The molecule has 0 radical (unpaired) electrons. The highest BCUT2D eigenvalue weighted by Gasteiger charge is 2.25. The van der Waals surface area contributed by atoms with Crippen molar-refractivity contribution in [2.24, 2.45) is 0 Å². The zero-order valence-corrected chi connectivity index (χ0v) is 10.5. The van der Waals surface area contributed by atoms with Gasteiger partial charge in [-0.05, 0) is 44.7 Å². The van der Waals surface area contributed by atoms with Crippen molar-refractivity contribution in [2.75, 3.05) is 17.3 Å². The number of nitrogens with zero attached hydrogens (tertiary/aromatic N) is 3. The van der Waals surface area contributed by atoms with Crippen LogP contribution in [0.2, 0.25) is 0 Å². The van der Waals surface area contributed by atoms with E-state index >= 15 is 0 Å². The molecule has 0 amide bonds. The molecule has 1 aromatic heterocycles. The van der Waals surface area contributed by atoms with Crippen LogP contribution in [0.1, 0.15) is 31.4 Å². The second kappa shape index (κ2) is 5.48. The molecule has 0 bridgehead atoms. The monoisotopic (exact) mass is 239 g/mol. The van der Waals surface area contributed by atoms with E-state index in [0.717, 1.165) is 30.4 Å². The Kier molecular flexibility index (Phi) is 3.99. The molecule has 0 N–H and O–H groups in total. The van der Waals surface area contributed by atoms with E-state index in [-0.39, 0.29) is 0 Å². The summed E-state index contributed by atoms with van der Waals surface area (Å²) in [6.07, 6.45) is 4.76. The Bertz CT molecular complexity index is 326. The summed E-state index contributed by atoms with van der Waals surface area (Å²) in [6, 6.07) is 4.71. The summed E-state index contributed by atoms with van der Waals surface area (Å²) in [6.45, 7) is 3.07. The Morgan fingerprint density at radius 3 is 3.00 bits per heavy atom. The molecule has 88 valence electrons. The van der Waals surface area contributed by atoms with Gasteiger partial charge in [0, 0.05) is 18.5 Å². The minimum absolute atomic E-state index is 0.607. The molecule has 2 heterocycles. The minimum Gasteiger partial charge on any atom is -0.352 e. The largest absolute Gasteiger partial charge is 0.352 e. The van der Waals surface area contributed by atoms with Crippen molar-refractivity contribution in [3.8, 4) is 0 Å². The molecular formula is C12H18ClN3. The standard InChI is InChI=1S/C12H18ClN3/c1-10-6-7-12(15-14-10)16-9-3-5-11(16)4-2-8-13/h6-7,11H,2-5,8-9H2,1H3. The smallest absolute Gasteiger partial charge is 0.151 e. The predicted molar refractivity (Wildman–Crippen MR) is 67.1 cm³/mol. The van der Waals surface area contributed by atoms with Crippen molar-refractivity contribution in [3.05, 3.63) is 17.8 Å². The first-order valence-electron chi connectivity index (χ1n) is 5.94. The zero-order chi connectivity index (χ0) is 11.4. The SMILES string of the molecule is Cc1ccc(N2CCCC2CCCCl)nn1. The van der Waals surface area contributed by atoms with E-state index in [1.165, 1.54) is 19.3 Å². The average molecular weight is 240 g/mol. The number of aryl methyl sites for hydroxylation is 1. The van der Waals surface area contributed by atoms with Crippen LogP contribution >= 0.6 is 11.6 Å². The van der Waals surface area contributed by atoms with E-state index in [2.05, 4.69) is 21.2 Å². The van der Waals surface area contributed by atoms with Crippen molar-refractivity contribution in [1.29, 1.82) is 0 Å². The lowest BCUT2D eigenvalue weighted by Gasteiger charge is -2.25. The molecule has 4 heteroatoms. The molecule has 1 aliphatic heterocycles. The number of halogens is 1. The molecule has 2 rings (SSSR count). The van der Waals surface area contributed by atoms with Gasteiger partial charge in [-0.25, -0.2) is 0 Å². The molecule has 1 atom stereocenters. The maximum atomic E-state index is 5.75. The summed E-state index contributed by atoms with van der Waals surface area (Å²) >= 11 is 5.75. The summed E-state index contributed by atoms with van der Waals surface area (Å²) in [5, 5.41) is 8.38. The van der Waals surface area contributed by atoms with Crippen molar-refractivity contribution in [1.82, 2.24) is 10.2 Å². The number of rotatable bonds is 4. The first kappa shape index (κ1) is 11.6. The van der Waals surface area contributed by atoms with Gasteiger partial charge < -0.3 is 4.90 Å². The topological polar surface area (TPSA) is 29.0 Å². The van der Waals surface area contributed by atoms with Gasteiger partial charge in [-0.15, -0.1) is 16.7 Å². The second-order valence-corrected chi connectivity index (χ2v) is 4.73. The van der Waals surface area contributed by atoms with Crippen LogP contribution in [0.4, 0.5) is 5.82 Å². The van der Waals surface area contributed by atoms with E-state index in [4.69, 9.17) is 11.6 Å². The van der Waals surface area contributed by atoms with Gasteiger partial charge in [0.15, 0.2) is 5.82 Å². The Balaban J connectivity index is 2.04. The molecule has 1 aliphatic rings.